The average Bonchev–Trinajstić information content (AvgIpc) is 2.64. The van der Waals surface area contributed by atoms with Gasteiger partial charge in [-0.3, -0.25) is 9.59 Å². The van der Waals surface area contributed by atoms with Crippen molar-refractivity contribution >= 4 is 23.6 Å². The number of carbonyl (C=O) groups excluding carboxylic acids is 2. The molecule has 0 radical (unpaired) electrons. The van der Waals surface area contributed by atoms with E-state index in [2.05, 4.69) is 10.6 Å². The summed E-state index contributed by atoms with van der Waals surface area (Å²) in [5.41, 5.74) is 1.90. The van der Waals surface area contributed by atoms with Crippen LogP contribution in [0.2, 0.25) is 0 Å². The van der Waals surface area contributed by atoms with Crippen molar-refractivity contribution in [1.29, 1.82) is 0 Å². The van der Waals surface area contributed by atoms with Gasteiger partial charge < -0.3 is 10.6 Å². The van der Waals surface area contributed by atoms with Crippen molar-refractivity contribution in [3.05, 3.63) is 71.0 Å². The summed E-state index contributed by atoms with van der Waals surface area (Å²) < 4.78 is 13.7. The van der Waals surface area contributed by atoms with Gasteiger partial charge in [0.25, 0.3) is 5.91 Å². The molecule has 6 heteroatoms. The molecule has 0 aliphatic rings. The smallest absolute Gasteiger partial charge is 0.251 e. The monoisotopic (exact) mass is 374 g/mol. The first kappa shape index (κ1) is 20.0. The third kappa shape index (κ3) is 5.88. The Morgan fingerprint density at radius 3 is 2.62 bits per heavy atom. The van der Waals surface area contributed by atoms with Crippen LogP contribution >= 0.6 is 11.8 Å². The molecule has 0 unspecified atom stereocenters. The van der Waals surface area contributed by atoms with Crippen LogP contribution in [0, 0.1) is 12.7 Å². The molecule has 26 heavy (non-hydrogen) atoms. The van der Waals surface area contributed by atoms with E-state index in [4.69, 9.17) is 0 Å². The molecule has 2 rings (SSSR count). The van der Waals surface area contributed by atoms with Crippen LogP contribution in [0.15, 0.2) is 48.5 Å². The van der Waals surface area contributed by atoms with Crippen molar-refractivity contribution in [1.82, 2.24) is 10.6 Å². The lowest BCUT2D eigenvalue weighted by molar-refractivity contribution is -0.123. The van der Waals surface area contributed by atoms with E-state index in [-0.39, 0.29) is 24.2 Å². The molecule has 2 aromatic carbocycles. The average molecular weight is 374 g/mol. The second-order valence-corrected chi connectivity index (χ2v) is 6.97. The number of hydrogen-bond acceptors (Lipinski definition) is 3. The molecular formula is C20H23FN2O2S. The maximum atomic E-state index is 13.7. The summed E-state index contributed by atoms with van der Waals surface area (Å²) >= 11 is 1.60. The normalized spacial score (nSPS) is 11.7. The van der Waals surface area contributed by atoms with Crippen molar-refractivity contribution in [2.75, 3.05) is 12.0 Å². The largest absolute Gasteiger partial charge is 0.350 e. The number of hydrogen-bond donors (Lipinski definition) is 2. The standard InChI is InChI=1S/C20H23FN2O2S/c1-14-6-5-8-15(12-14)19(24)23-18(10-11-26-2)20(25)22-13-16-7-3-4-9-17(16)21/h3-9,12,18H,10-11,13H2,1-2H3,(H,22,25)(H,23,24)/t18-/m0/s1. The van der Waals surface area contributed by atoms with Crippen molar-refractivity contribution in [2.45, 2.75) is 25.9 Å². The van der Waals surface area contributed by atoms with Gasteiger partial charge in [-0.2, -0.15) is 11.8 Å². The Morgan fingerprint density at radius 2 is 1.92 bits per heavy atom. The zero-order valence-corrected chi connectivity index (χ0v) is 15.7. The molecule has 0 fully saturated rings. The fourth-order valence-electron chi connectivity index (χ4n) is 2.48. The lowest BCUT2D eigenvalue weighted by Crippen LogP contribution is -2.47. The maximum absolute atomic E-state index is 13.7. The maximum Gasteiger partial charge on any atom is 0.251 e. The second-order valence-electron chi connectivity index (χ2n) is 5.99. The highest BCUT2D eigenvalue weighted by Gasteiger charge is 2.21. The van der Waals surface area contributed by atoms with Gasteiger partial charge in [-0.15, -0.1) is 0 Å². The van der Waals surface area contributed by atoms with Crippen LogP contribution in [0.4, 0.5) is 4.39 Å². The lowest BCUT2D eigenvalue weighted by atomic mass is 10.1. The van der Waals surface area contributed by atoms with Crippen LogP contribution in [0.3, 0.4) is 0 Å². The number of thioether (sulfide) groups is 1. The minimum atomic E-state index is -0.665. The Bertz CT molecular complexity index is 767. The zero-order chi connectivity index (χ0) is 18.9. The van der Waals surface area contributed by atoms with E-state index in [9.17, 15) is 14.0 Å². The molecular weight excluding hydrogens is 351 g/mol. The van der Waals surface area contributed by atoms with Crippen LogP contribution in [-0.4, -0.2) is 29.9 Å². The molecule has 0 saturated heterocycles. The highest BCUT2D eigenvalue weighted by molar-refractivity contribution is 7.98. The number of aryl methyl sites for hydroxylation is 1. The summed E-state index contributed by atoms with van der Waals surface area (Å²) in [6.07, 6.45) is 2.44. The summed E-state index contributed by atoms with van der Waals surface area (Å²) in [5, 5.41) is 5.50. The molecule has 2 amide bonds. The van der Waals surface area contributed by atoms with Crippen molar-refractivity contribution in [2.24, 2.45) is 0 Å². The van der Waals surface area contributed by atoms with Crippen molar-refractivity contribution in [3.8, 4) is 0 Å². The molecule has 1 atom stereocenters. The number of benzene rings is 2. The number of halogens is 1. The summed E-state index contributed by atoms with van der Waals surface area (Å²) in [6, 6.07) is 12.8. The molecule has 138 valence electrons. The third-order valence-corrected chi connectivity index (χ3v) is 4.57. The fraction of sp³-hybridized carbons (Fsp3) is 0.300. The van der Waals surface area contributed by atoms with E-state index in [0.29, 0.717) is 17.5 Å². The van der Waals surface area contributed by atoms with E-state index in [1.807, 2.05) is 19.2 Å². The molecule has 2 aromatic rings. The van der Waals surface area contributed by atoms with E-state index < -0.39 is 6.04 Å². The zero-order valence-electron chi connectivity index (χ0n) is 14.9. The molecule has 0 aliphatic heterocycles. The Kier molecular flexibility index (Phi) is 7.66. The number of carbonyl (C=O) groups is 2. The van der Waals surface area contributed by atoms with E-state index in [0.717, 1.165) is 11.3 Å². The van der Waals surface area contributed by atoms with Crippen LogP contribution in [0.1, 0.15) is 27.9 Å². The fourth-order valence-corrected chi connectivity index (χ4v) is 2.95. The summed E-state index contributed by atoms with van der Waals surface area (Å²) in [6.45, 7) is 1.99. The van der Waals surface area contributed by atoms with Gasteiger partial charge >= 0.3 is 0 Å². The molecule has 4 nitrogen and oxygen atoms in total. The highest BCUT2D eigenvalue weighted by Crippen LogP contribution is 2.08. The van der Waals surface area contributed by atoms with Gasteiger partial charge in [-0.1, -0.05) is 35.9 Å². The van der Waals surface area contributed by atoms with Crippen LogP contribution < -0.4 is 10.6 Å². The van der Waals surface area contributed by atoms with Gasteiger partial charge in [-0.25, -0.2) is 4.39 Å². The minimum Gasteiger partial charge on any atom is -0.350 e. The first-order chi connectivity index (χ1) is 12.5. The van der Waals surface area contributed by atoms with Gasteiger partial charge in [-0.05, 0) is 43.6 Å². The Morgan fingerprint density at radius 1 is 1.15 bits per heavy atom. The quantitative estimate of drug-likeness (QED) is 0.745. The first-order valence-corrected chi connectivity index (χ1v) is 9.78. The Labute approximate surface area is 157 Å². The highest BCUT2D eigenvalue weighted by atomic mass is 32.2. The Hall–Kier alpha value is -2.34. The SMILES string of the molecule is CSCC[C@H](NC(=O)c1cccc(C)c1)C(=O)NCc1ccccc1F. The van der Waals surface area contributed by atoms with Gasteiger partial charge in [0, 0.05) is 17.7 Å². The summed E-state index contributed by atoms with van der Waals surface area (Å²) in [7, 11) is 0. The molecule has 0 spiro atoms. The van der Waals surface area contributed by atoms with Crippen molar-refractivity contribution in [3.63, 3.8) is 0 Å². The van der Waals surface area contributed by atoms with E-state index in [1.165, 1.54) is 6.07 Å². The van der Waals surface area contributed by atoms with Gasteiger partial charge in [0.2, 0.25) is 5.91 Å². The van der Waals surface area contributed by atoms with Gasteiger partial charge in [0.1, 0.15) is 11.9 Å². The number of amides is 2. The molecule has 0 aromatic heterocycles. The first-order valence-electron chi connectivity index (χ1n) is 8.39. The van der Waals surface area contributed by atoms with E-state index >= 15 is 0 Å². The predicted molar refractivity (Wildman–Crippen MR) is 104 cm³/mol. The number of rotatable bonds is 8. The van der Waals surface area contributed by atoms with Crippen LogP contribution in [0.5, 0.6) is 0 Å². The summed E-state index contributed by atoms with van der Waals surface area (Å²) in [4.78, 5) is 25.0. The summed E-state index contributed by atoms with van der Waals surface area (Å²) in [5.74, 6) is -0.243. The topological polar surface area (TPSA) is 58.2 Å². The Balaban J connectivity index is 2.02. The van der Waals surface area contributed by atoms with Gasteiger partial charge in [0.15, 0.2) is 0 Å². The van der Waals surface area contributed by atoms with Crippen LogP contribution in [-0.2, 0) is 11.3 Å². The second kappa shape index (κ2) is 9.97. The van der Waals surface area contributed by atoms with E-state index in [1.54, 1.807) is 48.2 Å². The van der Waals surface area contributed by atoms with Gasteiger partial charge in [0.05, 0.1) is 0 Å². The molecule has 2 N–H and O–H groups in total. The minimum absolute atomic E-state index is 0.0849. The van der Waals surface area contributed by atoms with Crippen LogP contribution in [0.25, 0.3) is 0 Å². The lowest BCUT2D eigenvalue weighted by Gasteiger charge is -2.18. The molecule has 0 aliphatic carbocycles. The predicted octanol–water partition coefficient (Wildman–Crippen LogP) is 3.30. The van der Waals surface area contributed by atoms with Crippen molar-refractivity contribution < 1.29 is 14.0 Å². The molecule has 0 saturated carbocycles. The molecule has 0 bridgehead atoms. The number of nitrogens with one attached hydrogen (secondary N) is 2. The molecule has 0 heterocycles. The third-order valence-electron chi connectivity index (χ3n) is 3.92.